The lowest BCUT2D eigenvalue weighted by molar-refractivity contribution is -0.142. The predicted molar refractivity (Wildman–Crippen MR) is 56.9 cm³/mol. The van der Waals surface area contributed by atoms with Crippen LogP contribution in [0.15, 0.2) is 5.38 Å². The summed E-state index contributed by atoms with van der Waals surface area (Å²) in [7, 11) is 0. The van der Waals surface area contributed by atoms with Crippen molar-refractivity contribution in [2.24, 2.45) is 0 Å². The lowest BCUT2D eigenvalue weighted by Crippen LogP contribution is -2.10. The molecule has 1 aromatic heterocycles. The number of hydrogen-bond acceptors (Lipinski definition) is 5. The van der Waals surface area contributed by atoms with Gasteiger partial charge in [-0.3, -0.25) is 4.79 Å². The number of alkyl halides is 2. The fourth-order valence-electron chi connectivity index (χ4n) is 0.994. The van der Waals surface area contributed by atoms with Crippen LogP contribution in [0.2, 0.25) is 0 Å². The Bertz CT molecular complexity index is 344. The number of hydrogen-bond donors (Lipinski definition) is 1. The van der Waals surface area contributed by atoms with E-state index in [1.54, 1.807) is 12.3 Å². The minimum Gasteiger partial charge on any atom is -0.466 e. The third-order valence-electron chi connectivity index (χ3n) is 1.59. The number of anilines is 1. The zero-order valence-corrected chi connectivity index (χ0v) is 9.52. The van der Waals surface area contributed by atoms with E-state index in [2.05, 4.69) is 10.3 Å². The van der Waals surface area contributed by atoms with Crippen LogP contribution in [0.25, 0.3) is 0 Å². The predicted octanol–water partition coefficient (Wildman–Crippen LogP) is 1.93. The summed E-state index contributed by atoms with van der Waals surface area (Å²) in [6.45, 7) is 1.60. The molecule has 0 aliphatic carbocycles. The summed E-state index contributed by atoms with van der Waals surface area (Å²) in [5.74, 6) is -0.367. The molecule has 0 atom stereocenters. The van der Waals surface area contributed by atoms with Crippen LogP contribution in [0.5, 0.6) is 0 Å². The third kappa shape index (κ3) is 4.52. The molecule has 0 fully saturated rings. The van der Waals surface area contributed by atoms with Gasteiger partial charge < -0.3 is 10.1 Å². The summed E-state index contributed by atoms with van der Waals surface area (Å²) in [5, 5.41) is 4.51. The zero-order valence-electron chi connectivity index (χ0n) is 8.70. The van der Waals surface area contributed by atoms with E-state index in [1.807, 2.05) is 0 Å². The monoisotopic (exact) mass is 250 g/mol. The lowest BCUT2D eigenvalue weighted by Gasteiger charge is -2.00. The molecule has 1 aromatic rings. The Kier molecular flexibility index (Phi) is 5.10. The number of carbonyl (C=O) groups excluding carboxylic acids is 1. The smallest absolute Gasteiger partial charge is 0.311 e. The first kappa shape index (κ1) is 12.8. The number of nitrogens with one attached hydrogen (secondary N) is 1. The largest absolute Gasteiger partial charge is 0.466 e. The minimum absolute atomic E-state index is 0.0701. The maximum atomic E-state index is 11.9. The lowest BCUT2D eigenvalue weighted by atomic mass is 10.3. The normalized spacial score (nSPS) is 10.5. The van der Waals surface area contributed by atoms with Crippen molar-refractivity contribution in [1.29, 1.82) is 0 Å². The van der Waals surface area contributed by atoms with Crippen molar-refractivity contribution in [3.63, 3.8) is 0 Å². The molecule has 0 unspecified atom stereocenters. The van der Waals surface area contributed by atoms with E-state index in [9.17, 15) is 13.6 Å². The number of rotatable bonds is 6. The van der Waals surface area contributed by atoms with E-state index in [0.29, 0.717) is 17.4 Å². The van der Waals surface area contributed by atoms with E-state index in [0.717, 1.165) is 0 Å². The van der Waals surface area contributed by atoms with Crippen LogP contribution < -0.4 is 5.32 Å². The molecule has 90 valence electrons. The molecule has 16 heavy (non-hydrogen) atoms. The Morgan fingerprint density at radius 2 is 2.44 bits per heavy atom. The first-order valence-corrected chi connectivity index (χ1v) is 5.61. The SMILES string of the molecule is CCOC(=O)Cc1csc(NCC(F)F)n1. The van der Waals surface area contributed by atoms with Crippen molar-refractivity contribution in [1.82, 2.24) is 4.98 Å². The fourth-order valence-corrected chi connectivity index (χ4v) is 1.71. The summed E-state index contributed by atoms with van der Waals surface area (Å²) >= 11 is 1.19. The van der Waals surface area contributed by atoms with Crippen LogP contribution in [0.3, 0.4) is 0 Å². The van der Waals surface area contributed by atoms with Crippen molar-refractivity contribution in [2.75, 3.05) is 18.5 Å². The van der Waals surface area contributed by atoms with Crippen molar-refractivity contribution in [3.05, 3.63) is 11.1 Å². The van der Waals surface area contributed by atoms with Crippen molar-refractivity contribution in [3.8, 4) is 0 Å². The molecule has 0 amide bonds. The van der Waals surface area contributed by atoms with Gasteiger partial charge in [-0.2, -0.15) is 0 Å². The second kappa shape index (κ2) is 6.37. The Morgan fingerprint density at radius 3 is 3.06 bits per heavy atom. The van der Waals surface area contributed by atoms with Crippen molar-refractivity contribution >= 4 is 22.4 Å². The summed E-state index contributed by atoms with van der Waals surface area (Å²) in [6, 6.07) is 0. The molecule has 1 heterocycles. The van der Waals surface area contributed by atoms with Gasteiger partial charge in [0.2, 0.25) is 0 Å². The van der Waals surface area contributed by atoms with Gasteiger partial charge in [0.05, 0.1) is 25.3 Å². The molecule has 1 rings (SSSR count). The van der Waals surface area contributed by atoms with Crippen molar-refractivity contribution < 1.29 is 18.3 Å². The standard InChI is InChI=1S/C9H12F2N2O2S/c1-2-15-8(14)3-6-5-16-9(13-6)12-4-7(10)11/h5,7H,2-4H2,1H3,(H,12,13). The highest BCUT2D eigenvalue weighted by Crippen LogP contribution is 2.16. The van der Waals surface area contributed by atoms with Gasteiger partial charge >= 0.3 is 5.97 Å². The summed E-state index contributed by atoms with van der Waals surface area (Å²) in [6.07, 6.45) is -2.35. The van der Waals surface area contributed by atoms with Crippen LogP contribution in [-0.2, 0) is 16.0 Å². The van der Waals surface area contributed by atoms with Gasteiger partial charge in [-0.1, -0.05) is 0 Å². The molecule has 0 radical (unpaired) electrons. The first-order valence-electron chi connectivity index (χ1n) is 4.74. The highest BCUT2D eigenvalue weighted by Gasteiger charge is 2.09. The second-order valence-corrected chi connectivity index (χ2v) is 3.76. The number of halogens is 2. The van der Waals surface area contributed by atoms with Gasteiger partial charge in [0.25, 0.3) is 6.43 Å². The number of thiazole rings is 1. The van der Waals surface area contributed by atoms with Gasteiger partial charge in [-0.05, 0) is 6.92 Å². The van der Waals surface area contributed by atoms with Gasteiger partial charge in [0, 0.05) is 5.38 Å². The Hall–Kier alpha value is -1.24. The summed E-state index contributed by atoms with van der Waals surface area (Å²) < 4.78 is 28.5. The van der Waals surface area contributed by atoms with Crippen LogP contribution in [0.4, 0.5) is 13.9 Å². The quantitative estimate of drug-likeness (QED) is 0.784. The van der Waals surface area contributed by atoms with Crippen LogP contribution in [-0.4, -0.2) is 30.5 Å². The minimum atomic E-state index is -2.42. The third-order valence-corrected chi connectivity index (χ3v) is 2.44. The van der Waals surface area contributed by atoms with E-state index < -0.39 is 13.0 Å². The Balaban J connectivity index is 2.42. The molecule has 0 aliphatic heterocycles. The molecule has 0 spiro atoms. The molecule has 0 saturated carbocycles. The van der Waals surface area contributed by atoms with Crippen LogP contribution in [0, 0.1) is 0 Å². The molecule has 1 N–H and O–H groups in total. The second-order valence-electron chi connectivity index (χ2n) is 2.90. The fraction of sp³-hybridized carbons (Fsp3) is 0.556. The molecular formula is C9H12F2N2O2S. The molecule has 7 heteroatoms. The Morgan fingerprint density at radius 1 is 1.69 bits per heavy atom. The van der Waals surface area contributed by atoms with E-state index in [4.69, 9.17) is 4.74 Å². The van der Waals surface area contributed by atoms with Crippen molar-refractivity contribution in [2.45, 2.75) is 19.8 Å². The highest BCUT2D eigenvalue weighted by molar-refractivity contribution is 7.13. The van der Waals surface area contributed by atoms with Gasteiger partial charge in [0.15, 0.2) is 5.13 Å². The molecular weight excluding hydrogens is 238 g/mol. The summed E-state index contributed by atoms with van der Waals surface area (Å²) in [5.41, 5.74) is 0.528. The molecule has 0 aliphatic rings. The molecule has 0 aromatic carbocycles. The molecule has 0 saturated heterocycles. The van der Waals surface area contributed by atoms with E-state index >= 15 is 0 Å². The average molecular weight is 250 g/mol. The van der Waals surface area contributed by atoms with Gasteiger partial charge in [-0.15, -0.1) is 11.3 Å². The maximum absolute atomic E-state index is 11.9. The van der Waals surface area contributed by atoms with E-state index in [-0.39, 0.29) is 12.4 Å². The van der Waals surface area contributed by atoms with E-state index in [1.165, 1.54) is 11.3 Å². The maximum Gasteiger partial charge on any atom is 0.311 e. The van der Waals surface area contributed by atoms with Crippen LogP contribution >= 0.6 is 11.3 Å². The molecule has 0 bridgehead atoms. The number of nitrogens with zero attached hydrogens (tertiary/aromatic N) is 1. The zero-order chi connectivity index (χ0) is 12.0. The number of esters is 1. The number of carbonyl (C=O) groups is 1. The van der Waals surface area contributed by atoms with Gasteiger partial charge in [0.1, 0.15) is 0 Å². The number of ether oxygens (including phenoxy) is 1. The molecule has 4 nitrogen and oxygen atoms in total. The van der Waals surface area contributed by atoms with Crippen LogP contribution in [0.1, 0.15) is 12.6 Å². The topological polar surface area (TPSA) is 51.2 Å². The summed E-state index contributed by atoms with van der Waals surface area (Å²) in [4.78, 5) is 15.1. The van der Waals surface area contributed by atoms with Gasteiger partial charge in [-0.25, -0.2) is 13.8 Å². The average Bonchev–Trinajstić information content (AvgIpc) is 2.63. The Labute approximate surface area is 95.6 Å². The first-order chi connectivity index (χ1) is 7.61. The highest BCUT2D eigenvalue weighted by atomic mass is 32.1. The number of aromatic nitrogens is 1.